The summed E-state index contributed by atoms with van der Waals surface area (Å²) in [5, 5.41) is 2.84. The number of halogens is 4. The van der Waals surface area contributed by atoms with Crippen LogP contribution >= 0.6 is 11.6 Å². The maximum absolute atomic E-state index is 13.6. The molecule has 0 heterocycles. The van der Waals surface area contributed by atoms with Crippen LogP contribution in [0, 0.1) is 0 Å². The second-order valence-electron chi connectivity index (χ2n) is 8.31. The van der Waals surface area contributed by atoms with E-state index in [1.54, 1.807) is 30.3 Å². The van der Waals surface area contributed by atoms with Crippen LogP contribution in [0.1, 0.15) is 18.1 Å². The molecular formula is C26H25ClF3N3O4S. The highest BCUT2D eigenvalue weighted by Gasteiger charge is 2.35. The maximum atomic E-state index is 13.6. The lowest BCUT2D eigenvalue weighted by Crippen LogP contribution is -2.50. The van der Waals surface area contributed by atoms with Crippen LogP contribution < -0.4 is 9.62 Å². The van der Waals surface area contributed by atoms with Gasteiger partial charge in [-0.05, 0) is 55.0 Å². The lowest BCUT2D eigenvalue weighted by Gasteiger charge is -2.32. The molecule has 0 spiro atoms. The Labute approximate surface area is 223 Å². The van der Waals surface area contributed by atoms with Gasteiger partial charge in [0, 0.05) is 18.6 Å². The number of likely N-dealkylation sites (N-methyl/N-ethyl adjacent to an activating group) is 1. The Morgan fingerprint density at radius 3 is 2.24 bits per heavy atom. The van der Waals surface area contributed by atoms with E-state index >= 15 is 0 Å². The smallest absolute Gasteiger partial charge is 0.357 e. The molecule has 0 unspecified atom stereocenters. The van der Waals surface area contributed by atoms with Gasteiger partial charge in [0.15, 0.2) is 0 Å². The molecule has 38 heavy (non-hydrogen) atoms. The van der Waals surface area contributed by atoms with Crippen LogP contribution in [-0.2, 0) is 32.3 Å². The molecule has 3 aromatic carbocycles. The number of hydrogen-bond acceptors (Lipinski definition) is 4. The number of amides is 2. The third-order valence-corrected chi connectivity index (χ3v) is 7.75. The first kappa shape index (κ1) is 29.0. The molecule has 1 atom stereocenters. The fraction of sp³-hybridized carbons (Fsp3) is 0.231. The zero-order valence-electron chi connectivity index (χ0n) is 20.4. The predicted molar refractivity (Wildman–Crippen MR) is 138 cm³/mol. The molecule has 0 saturated heterocycles. The van der Waals surface area contributed by atoms with Crippen LogP contribution in [0.2, 0.25) is 5.02 Å². The number of sulfonamides is 1. The molecule has 2 amide bonds. The van der Waals surface area contributed by atoms with Crippen molar-refractivity contribution in [2.45, 2.75) is 30.6 Å². The first-order chi connectivity index (χ1) is 17.8. The van der Waals surface area contributed by atoms with E-state index in [2.05, 4.69) is 5.32 Å². The van der Waals surface area contributed by atoms with Gasteiger partial charge >= 0.3 is 6.18 Å². The third-order valence-electron chi connectivity index (χ3n) is 5.73. The summed E-state index contributed by atoms with van der Waals surface area (Å²) in [5.74, 6) is -1.32. The first-order valence-corrected chi connectivity index (χ1v) is 13.2. The van der Waals surface area contributed by atoms with E-state index in [4.69, 9.17) is 11.6 Å². The van der Waals surface area contributed by atoms with Gasteiger partial charge in [-0.3, -0.25) is 13.9 Å². The van der Waals surface area contributed by atoms with E-state index in [1.807, 2.05) is 0 Å². The van der Waals surface area contributed by atoms with Crippen LogP contribution in [0.4, 0.5) is 18.9 Å². The second-order valence-corrected chi connectivity index (χ2v) is 10.6. The normalized spacial score (nSPS) is 12.5. The number of nitrogens with one attached hydrogen (secondary N) is 1. The highest BCUT2D eigenvalue weighted by molar-refractivity contribution is 7.92. The summed E-state index contributed by atoms with van der Waals surface area (Å²) in [7, 11) is -3.09. The van der Waals surface area contributed by atoms with Crippen LogP contribution in [0.25, 0.3) is 0 Å². The van der Waals surface area contributed by atoms with Crippen molar-refractivity contribution in [3.8, 4) is 0 Å². The molecular weight excluding hydrogens is 543 g/mol. The van der Waals surface area contributed by atoms with Gasteiger partial charge in [0.1, 0.15) is 12.6 Å². The Kier molecular flexibility index (Phi) is 9.05. The van der Waals surface area contributed by atoms with E-state index in [9.17, 15) is 31.2 Å². The minimum atomic E-state index is -4.74. The largest absolute Gasteiger partial charge is 0.416 e. The third kappa shape index (κ3) is 6.84. The fourth-order valence-corrected chi connectivity index (χ4v) is 5.35. The van der Waals surface area contributed by atoms with Crippen molar-refractivity contribution in [2.75, 3.05) is 17.9 Å². The lowest BCUT2D eigenvalue weighted by atomic mass is 10.1. The number of rotatable bonds is 9. The van der Waals surface area contributed by atoms with Crippen molar-refractivity contribution < 1.29 is 31.2 Å². The highest BCUT2D eigenvalue weighted by atomic mass is 35.5. The molecule has 12 heteroatoms. The zero-order chi connectivity index (χ0) is 28.1. The van der Waals surface area contributed by atoms with Crippen molar-refractivity contribution in [3.05, 3.63) is 95.0 Å². The van der Waals surface area contributed by atoms with E-state index in [0.717, 1.165) is 17.0 Å². The second kappa shape index (κ2) is 11.9. The number of hydrogen-bond donors (Lipinski definition) is 1. The number of alkyl halides is 3. The Bertz CT molecular complexity index is 1400. The highest BCUT2D eigenvalue weighted by Crippen LogP contribution is 2.33. The maximum Gasteiger partial charge on any atom is 0.416 e. The summed E-state index contributed by atoms with van der Waals surface area (Å²) < 4.78 is 68.2. The molecule has 0 aliphatic heterocycles. The molecule has 7 nitrogen and oxygen atoms in total. The predicted octanol–water partition coefficient (Wildman–Crippen LogP) is 4.72. The molecule has 3 aromatic rings. The molecule has 0 aliphatic carbocycles. The molecule has 0 radical (unpaired) electrons. The SMILES string of the molecule is CNC(=O)[C@H](C)N(Cc1cccc(Cl)c1)C(=O)CN(c1cccc(C(F)(F)F)c1)S(=O)(=O)c1ccccc1. The van der Waals surface area contributed by atoms with Gasteiger partial charge in [0.05, 0.1) is 16.1 Å². The van der Waals surface area contributed by atoms with Crippen molar-refractivity contribution >= 4 is 39.1 Å². The van der Waals surface area contributed by atoms with Crippen molar-refractivity contribution in [1.29, 1.82) is 0 Å². The molecule has 1 N–H and O–H groups in total. The average Bonchev–Trinajstić information content (AvgIpc) is 2.89. The van der Waals surface area contributed by atoms with Crippen molar-refractivity contribution in [1.82, 2.24) is 10.2 Å². The van der Waals surface area contributed by atoms with E-state index in [0.29, 0.717) is 21.0 Å². The summed E-state index contributed by atoms with van der Waals surface area (Å²) in [5.41, 5.74) is -0.865. The van der Waals surface area contributed by atoms with Crippen LogP contribution in [-0.4, -0.2) is 44.8 Å². The number of carbonyl (C=O) groups excluding carboxylic acids is 2. The van der Waals surface area contributed by atoms with Crippen molar-refractivity contribution in [2.24, 2.45) is 0 Å². The molecule has 0 aliphatic rings. The molecule has 0 saturated carbocycles. The zero-order valence-corrected chi connectivity index (χ0v) is 22.0. The van der Waals surface area contributed by atoms with E-state index < -0.39 is 46.2 Å². The molecule has 0 bridgehead atoms. The first-order valence-electron chi connectivity index (χ1n) is 11.3. The monoisotopic (exact) mass is 567 g/mol. The Hall–Kier alpha value is -3.57. The van der Waals surface area contributed by atoms with Crippen LogP contribution in [0.3, 0.4) is 0 Å². The van der Waals surface area contributed by atoms with Crippen LogP contribution in [0.5, 0.6) is 0 Å². The van der Waals surface area contributed by atoms with Gasteiger partial charge in [-0.15, -0.1) is 0 Å². The molecule has 202 valence electrons. The number of benzene rings is 3. The van der Waals surface area contributed by atoms with Gasteiger partial charge < -0.3 is 10.2 Å². The van der Waals surface area contributed by atoms with Gasteiger partial charge in [-0.1, -0.05) is 48.0 Å². The number of anilines is 1. The molecule has 0 fully saturated rings. The van der Waals surface area contributed by atoms with E-state index in [-0.39, 0.29) is 17.1 Å². The average molecular weight is 568 g/mol. The van der Waals surface area contributed by atoms with Gasteiger partial charge in [0.2, 0.25) is 11.8 Å². The summed E-state index contributed by atoms with van der Waals surface area (Å²) >= 11 is 6.06. The Balaban J connectivity index is 2.08. The standard InChI is InChI=1S/C26H25ClF3N3O4S/c1-18(25(35)31-2)32(16-19-8-6-10-21(27)14-19)24(34)17-33(38(36,37)23-12-4-3-5-13-23)22-11-7-9-20(15-22)26(28,29)30/h3-15,18H,16-17H2,1-2H3,(H,31,35)/t18-/m0/s1. The topological polar surface area (TPSA) is 86.8 Å². The Morgan fingerprint density at radius 2 is 1.63 bits per heavy atom. The number of nitrogens with zero attached hydrogens (tertiary/aromatic N) is 2. The van der Waals surface area contributed by atoms with Crippen molar-refractivity contribution in [3.63, 3.8) is 0 Å². The quantitative estimate of drug-likeness (QED) is 0.405. The number of carbonyl (C=O) groups is 2. The van der Waals surface area contributed by atoms with E-state index in [1.165, 1.54) is 44.3 Å². The molecule has 3 rings (SSSR count). The molecule has 0 aromatic heterocycles. The fourth-order valence-electron chi connectivity index (χ4n) is 3.71. The Morgan fingerprint density at radius 1 is 0.974 bits per heavy atom. The summed E-state index contributed by atoms with van der Waals surface area (Å²) in [6.45, 7) is 0.498. The van der Waals surface area contributed by atoms with Gasteiger partial charge in [0.25, 0.3) is 10.0 Å². The summed E-state index contributed by atoms with van der Waals surface area (Å²) in [6, 6.07) is 16.3. The minimum absolute atomic E-state index is 0.101. The summed E-state index contributed by atoms with van der Waals surface area (Å²) in [6.07, 6.45) is -4.74. The van der Waals surface area contributed by atoms with Gasteiger partial charge in [-0.25, -0.2) is 8.42 Å². The summed E-state index contributed by atoms with van der Waals surface area (Å²) in [4.78, 5) is 27.0. The lowest BCUT2D eigenvalue weighted by molar-refractivity contribution is -0.139. The van der Waals surface area contributed by atoms with Gasteiger partial charge in [-0.2, -0.15) is 13.2 Å². The minimum Gasteiger partial charge on any atom is -0.357 e. The van der Waals surface area contributed by atoms with Crippen LogP contribution in [0.15, 0.2) is 83.8 Å².